The van der Waals surface area contributed by atoms with Gasteiger partial charge in [0.05, 0.1) is 7.11 Å². The molecule has 0 unspecified atom stereocenters. The van der Waals surface area contributed by atoms with Gasteiger partial charge in [-0.05, 0) is 18.2 Å². The van der Waals surface area contributed by atoms with Crippen LogP contribution in [-0.2, 0) is 17.9 Å². The number of fused-ring (bicyclic) bond motifs is 1. The molecule has 0 aliphatic carbocycles. The summed E-state index contributed by atoms with van der Waals surface area (Å²) in [6.07, 6.45) is 1.49. The number of hydrogen-bond acceptors (Lipinski definition) is 6. The van der Waals surface area contributed by atoms with Gasteiger partial charge in [0.1, 0.15) is 23.2 Å². The Kier molecular flexibility index (Phi) is 6.13. The molecule has 0 aliphatic heterocycles. The molecule has 0 aliphatic rings. The van der Waals surface area contributed by atoms with Crippen molar-refractivity contribution < 1.29 is 14.1 Å². The number of ether oxygens (including phenoxy) is 1. The number of nitrogens with one attached hydrogen (secondary N) is 1. The molecule has 0 spiro atoms. The Labute approximate surface area is 186 Å². The van der Waals surface area contributed by atoms with Gasteiger partial charge in [-0.25, -0.2) is 4.98 Å². The van der Waals surface area contributed by atoms with Gasteiger partial charge in [0.15, 0.2) is 0 Å². The molecule has 0 saturated heterocycles. The molecule has 0 saturated carbocycles. The standard InChI is InChI=1S/C22H19BrN4O4/c1-30-17-8-7-16(23)11-15(17)12-24-18(28)9-10-27-13-25-21-19(22(27)29)20(26-31-21)14-5-3-2-4-6-14/h2-8,11,13H,9-10,12H2,1H3,(H,24,28). The highest BCUT2D eigenvalue weighted by Crippen LogP contribution is 2.24. The van der Waals surface area contributed by atoms with Crippen molar-refractivity contribution in [3.8, 4) is 17.0 Å². The predicted molar refractivity (Wildman–Crippen MR) is 119 cm³/mol. The lowest BCUT2D eigenvalue weighted by molar-refractivity contribution is -0.121. The van der Waals surface area contributed by atoms with E-state index >= 15 is 0 Å². The molecule has 2 aromatic carbocycles. The summed E-state index contributed by atoms with van der Waals surface area (Å²) in [4.78, 5) is 29.5. The molecule has 2 aromatic heterocycles. The van der Waals surface area contributed by atoms with Gasteiger partial charge in [0, 0.05) is 35.1 Å². The van der Waals surface area contributed by atoms with Crippen LogP contribution in [0.3, 0.4) is 0 Å². The maximum atomic E-state index is 13.0. The van der Waals surface area contributed by atoms with E-state index in [1.165, 1.54) is 10.9 Å². The van der Waals surface area contributed by atoms with Crippen LogP contribution in [0.4, 0.5) is 0 Å². The third-order valence-electron chi connectivity index (χ3n) is 4.81. The number of amides is 1. The minimum Gasteiger partial charge on any atom is -0.496 e. The summed E-state index contributed by atoms with van der Waals surface area (Å²) in [5.74, 6) is 0.498. The van der Waals surface area contributed by atoms with Crippen molar-refractivity contribution in [3.05, 3.63) is 75.2 Å². The van der Waals surface area contributed by atoms with E-state index < -0.39 is 0 Å². The van der Waals surface area contributed by atoms with Crippen molar-refractivity contribution in [1.82, 2.24) is 20.0 Å². The van der Waals surface area contributed by atoms with E-state index in [2.05, 4.69) is 31.4 Å². The molecule has 31 heavy (non-hydrogen) atoms. The number of benzene rings is 2. The molecule has 158 valence electrons. The first kappa shape index (κ1) is 20.8. The maximum Gasteiger partial charge on any atom is 0.266 e. The number of nitrogens with zero attached hydrogens (tertiary/aromatic N) is 3. The van der Waals surface area contributed by atoms with Crippen molar-refractivity contribution in [2.24, 2.45) is 0 Å². The van der Waals surface area contributed by atoms with E-state index in [9.17, 15) is 9.59 Å². The molecule has 0 fully saturated rings. The number of aryl methyl sites for hydroxylation is 1. The van der Waals surface area contributed by atoms with E-state index in [4.69, 9.17) is 9.26 Å². The number of halogens is 1. The Hall–Kier alpha value is -3.46. The van der Waals surface area contributed by atoms with Gasteiger partial charge in [-0.15, -0.1) is 0 Å². The first-order valence-electron chi connectivity index (χ1n) is 9.56. The van der Waals surface area contributed by atoms with Crippen molar-refractivity contribution in [1.29, 1.82) is 0 Å². The lowest BCUT2D eigenvalue weighted by Gasteiger charge is -2.11. The molecule has 0 atom stereocenters. The van der Waals surface area contributed by atoms with Gasteiger partial charge in [-0.2, -0.15) is 0 Å². The second-order valence-electron chi connectivity index (χ2n) is 6.80. The van der Waals surface area contributed by atoms with Gasteiger partial charge < -0.3 is 14.6 Å². The normalized spacial score (nSPS) is 10.9. The Morgan fingerprint density at radius 2 is 2.03 bits per heavy atom. The summed E-state index contributed by atoms with van der Waals surface area (Å²) in [5, 5.41) is 7.16. The van der Waals surface area contributed by atoms with Gasteiger partial charge in [-0.1, -0.05) is 51.4 Å². The molecule has 4 aromatic rings. The number of aromatic nitrogens is 3. The topological polar surface area (TPSA) is 99.2 Å². The summed E-state index contributed by atoms with van der Waals surface area (Å²) < 4.78 is 12.8. The first-order chi connectivity index (χ1) is 15.1. The average molecular weight is 483 g/mol. The summed E-state index contributed by atoms with van der Waals surface area (Å²) >= 11 is 3.41. The lowest BCUT2D eigenvalue weighted by atomic mass is 10.1. The molecule has 4 rings (SSSR count). The number of rotatable bonds is 7. The molecule has 9 heteroatoms. The fourth-order valence-electron chi connectivity index (χ4n) is 3.22. The van der Waals surface area contributed by atoms with Crippen LogP contribution in [0.15, 0.2) is 68.6 Å². The van der Waals surface area contributed by atoms with Crippen molar-refractivity contribution >= 4 is 32.9 Å². The zero-order valence-electron chi connectivity index (χ0n) is 16.7. The predicted octanol–water partition coefficient (Wildman–Crippen LogP) is 3.53. The molecule has 0 bridgehead atoms. The summed E-state index contributed by atoms with van der Waals surface area (Å²) in [6.45, 7) is 0.500. The van der Waals surface area contributed by atoms with Crippen LogP contribution >= 0.6 is 15.9 Å². The highest BCUT2D eigenvalue weighted by Gasteiger charge is 2.17. The van der Waals surface area contributed by atoms with E-state index in [0.29, 0.717) is 23.4 Å². The minimum atomic E-state index is -0.299. The third-order valence-corrected chi connectivity index (χ3v) is 5.30. The van der Waals surface area contributed by atoms with Gasteiger partial charge in [-0.3, -0.25) is 14.2 Å². The number of methoxy groups -OCH3 is 1. The quantitative estimate of drug-likeness (QED) is 0.432. The summed E-state index contributed by atoms with van der Waals surface area (Å²) in [6, 6.07) is 14.9. The van der Waals surface area contributed by atoms with Crippen LogP contribution in [0.5, 0.6) is 5.75 Å². The molecule has 8 nitrogen and oxygen atoms in total. The fraction of sp³-hybridized carbons (Fsp3) is 0.182. The van der Waals surface area contributed by atoms with Crippen molar-refractivity contribution in [2.45, 2.75) is 19.5 Å². The minimum absolute atomic E-state index is 0.120. The largest absolute Gasteiger partial charge is 0.496 e. The number of carbonyl (C=O) groups excluding carboxylic acids is 1. The highest BCUT2D eigenvalue weighted by molar-refractivity contribution is 9.10. The second kappa shape index (κ2) is 9.13. The number of carbonyl (C=O) groups is 1. The highest BCUT2D eigenvalue weighted by atomic mass is 79.9. The Bertz CT molecular complexity index is 1280. The molecule has 2 heterocycles. The first-order valence-corrected chi connectivity index (χ1v) is 10.4. The van der Waals surface area contributed by atoms with Gasteiger partial charge in [0.25, 0.3) is 11.3 Å². The van der Waals surface area contributed by atoms with Gasteiger partial charge in [0.2, 0.25) is 5.91 Å². The second-order valence-corrected chi connectivity index (χ2v) is 7.72. The maximum absolute atomic E-state index is 13.0. The zero-order chi connectivity index (χ0) is 21.8. The monoisotopic (exact) mass is 482 g/mol. The molecule has 0 radical (unpaired) electrons. The Morgan fingerprint density at radius 3 is 2.81 bits per heavy atom. The molecular formula is C22H19BrN4O4. The Morgan fingerprint density at radius 1 is 1.23 bits per heavy atom. The SMILES string of the molecule is COc1ccc(Br)cc1CNC(=O)CCn1cnc2onc(-c3ccccc3)c2c1=O. The van der Waals surface area contributed by atoms with E-state index in [-0.39, 0.29) is 30.1 Å². The van der Waals surface area contributed by atoms with Crippen molar-refractivity contribution in [2.75, 3.05) is 7.11 Å². The van der Waals surface area contributed by atoms with E-state index in [1.807, 2.05) is 48.5 Å². The Balaban J connectivity index is 1.47. The molecule has 1 amide bonds. The van der Waals surface area contributed by atoms with Crippen LogP contribution in [-0.4, -0.2) is 27.7 Å². The average Bonchev–Trinajstić information content (AvgIpc) is 3.23. The molecular weight excluding hydrogens is 464 g/mol. The van der Waals surface area contributed by atoms with Crippen LogP contribution in [0.25, 0.3) is 22.4 Å². The zero-order valence-corrected chi connectivity index (χ0v) is 18.3. The smallest absolute Gasteiger partial charge is 0.266 e. The lowest BCUT2D eigenvalue weighted by Crippen LogP contribution is -2.27. The van der Waals surface area contributed by atoms with Crippen LogP contribution in [0.2, 0.25) is 0 Å². The fourth-order valence-corrected chi connectivity index (χ4v) is 3.63. The number of hydrogen-bond donors (Lipinski definition) is 1. The van der Waals surface area contributed by atoms with Crippen LogP contribution < -0.4 is 15.6 Å². The summed E-state index contributed by atoms with van der Waals surface area (Å²) in [7, 11) is 1.58. The van der Waals surface area contributed by atoms with Crippen LogP contribution in [0, 0.1) is 0 Å². The van der Waals surface area contributed by atoms with Gasteiger partial charge >= 0.3 is 0 Å². The summed E-state index contributed by atoms with van der Waals surface area (Å²) in [5.41, 5.74) is 1.92. The van der Waals surface area contributed by atoms with Crippen molar-refractivity contribution in [3.63, 3.8) is 0 Å². The van der Waals surface area contributed by atoms with E-state index in [1.54, 1.807) is 7.11 Å². The third kappa shape index (κ3) is 4.51. The molecule has 1 N–H and O–H groups in total. The van der Waals surface area contributed by atoms with Crippen LogP contribution in [0.1, 0.15) is 12.0 Å². The van der Waals surface area contributed by atoms with E-state index in [0.717, 1.165) is 15.6 Å².